The van der Waals surface area contributed by atoms with Crippen molar-refractivity contribution < 1.29 is 0 Å². The highest BCUT2D eigenvalue weighted by Gasteiger charge is 1.96. The SMILES string of the molecule is CC.CCCCSC1=CCCC=C1. The molecule has 0 aliphatic heterocycles. The van der Waals surface area contributed by atoms with E-state index in [1.54, 1.807) is 0 Å². The van der Waals surface area contributed by atoms with Crippen LogP contribution >= 0.6 is 11.8 Å². The average molecular weight is 198 g/mol. The molecular formula is C12H22S. The lowest BCUT2D eigenvalue weighted by Gasteiger charge is -2.04. The van der Waals surface area contributed by atoms with Gasteiger partial charge in [-0.25, -0.2) is 0 Å². The van der Waals surface area contributed by atoms with Crippen molar-refractivity contribution in [2.75, 3.05) is 5.75 Å². The second kappa shape index (κ2) is 9.91. The number of allylic oxidation sites excluding steroid dienone is 3. The van der Waals surface area contributed by atoms with Gasteiger partial charge in [0.25, 0.3) is 0 Å². The molecule has 76 valence electrons. The molecule has 1 rings (SSSR count). The minimum absolute atomic E-state index is 1.23. The van der Waals surface area contributed by atoms with Crippen molar-refractivity contribution in [1.29, 1.82) is 0 Å². The summed E-state index contributed by atoms with van der Waals surface area (Å²) in [7, 11) is 0. The Hall–Kier alpha value is -0.170. The molecule has 0 aromatic carbocycles. The Labute approximate surface area is 87.5 Å². The summed E-state index contributed by atoms with van der Waals surface area (Å²) in [6.45, 7) is 6.24. The molecule has 1 aliphatic rings. The number of unbranched alkanes of at least 4 members (excludes halogenated alkanes) is 1. The van der Waals surface area contributed by atoms with Crippen molar-refractivity contribution in [2.24, 2.45) is 0 Å². The average Bonchev–Trinajstić information content (AvgIpc) is 2.23. The minimum atomic E-state index is 1.23. The molecule has 0 saturated carbocycles. The van der Waals surface area contributed by atoms with Crippen LogP contribution in [0.15, 0.2) is 23.1 Å². The Morgan fingerprint density at radius 3 is 2.62 bits per heavy atom. The smallest absolute Gasteiger partial charge is 0.00289 e. The molecule has 0 radical (unpaired) electrons. The molecule has 0 heterocycles. The van der Waals surface area contributed by atoms with Gasteiger partial charge in [-0.15, -0.1) is 11.8 Å². The molecule has 0 N–H and O–H groups in total. The maximum absolute atomic E-state index is 2.35. The Balaban J connectivity index is 0.000000671. The summed E-state index contributed by atoms with van der Waals surface area (Å²) in [5.41, 5.74) is 0. The first-order valence-electron chi connectivity index (χ1n) is 5.43. The fourth-order valence-electron chi connectivity index (χ4n) is 1.03. The van der Waals surface area contributed by atoms with Crippen molar-refractivity contribution in [3.63, 3.8) is 0 Å². The first kappa shape index (κ1) is 12.8. The topological polar surface area (TPSA) is 0 Å². The van der Waals surface area contributed by atoms with Crippen molar-refractivity contribution >= 4 is 11.8 Å². The standard InChI is InChI=1S/C10H16S.C2H6/c1-2-3-9-11-10-7-5-4-6-8-10;1-2/h5,7-8H,2-4,6,9H2,1H3;1-2H3. The third-order valence-corrected chi connectivity index (χ3v) is 2.86. The summed E-state index contributed by atoms with van der Waals surface area (Å²) >= 11 is 2.00. The van der Waals surface area contributed by atoms with Gasteiger partial charge in [0.2, 0.25) is 0 Å². The summed E-state index contributed by atoms with van der Waals surface area (Å²) in [4.78, 5) is 1.48. The van der Waals surface area contributed by atoms with Gasteiger partial charge in [-0.1, -0.05) is 45.4 Å². The third kappa shape index (κ3) is 6.94. The van der Waals surface area contributed by atoms with Gasteiger partial charge in [0, 0.05) is 4.91 Å². The van der Waals surface area contributed by atoms with Crippen molar-refractivity contribution in [3.8, 4) is 0 Å². The third-order valence-electron chi connectivity index (χ3n) is 1.73. The van der Waals surface area contributed by atoms with E-state index < -0.39 is 0 Å². The van der Waals surface area contributed by atoms with E-state index in [2.05, 4.69) is 25.2 Å². The summed E-state index contributed by atoms with van der Waals surface area (Å²) in [5.74, 6) is 1.28. The molecule has 0 amide bonds. The van der Waals surface area contributed by atoms with Gasteiger partial charge in [0.05, 0.1) is 0 Å². The molecule has 0 spiro atoms. The van der Waals surface area contributed by atoms with Crippen LogP contribution in [0.1, 0.15) is 46.5 Å². The van der Waals surface area contributed by atoms with E-state index >= 15 is 0 Å². The number of hydrogen-bond donors (Lipinski definition) is 0. The number of thioether (sulfide) groups is 1. The largest absolute Gasteiger partial charge is 0.127 e. The lowest BCUT2D eigenvalue weighted by atomic mass is 10.2. The van der Waals surface area contributed by atoms with Crippen LogP contribution in [0.3, 0.4) is 0 Å². The van der Waals surface area contributed by atoms with E-state index in [1.165, 1.54) is 36.3 Å². The van der Waals surface area contributed by atoms with E-state index in [1.807, 2.05) is 25.6 Å². The molecule has 0 aromatic heterocycles. The minimum Gasteiger partial charge on any atom is -0.127 e. The number of rotatable bonds is 4. The normalized spacial score (nSPS) is 14.5. The first-order chi connectivity index (χ1) is 6.43. The second-order valence-corrected chi connectivity index (χ2v) is 3.96. The van der Waals surface area contributed by atoms with Crippen LogP contribution in [0, 0.1) is 0 Å². The van der Waals surface area contributed by atoms with E-state index in [4.69, 9.17) is 0 Å². The molecule has 0 nitrogen and oxygen atoms in total. The monoisotopic (exact) mass is 198 g/mol. The van der Waals surface area contributed by atoms with Crippen LogP contribution in [-0.4, -0.2) is 5.75 Å². The van der Waals surface area contributed by atoms with Crippen LogP contribution in [0.5, 0.6) is 0 Å². The molecule has 1 heteroatoms. The molecule has 13 heavy (non-hydrogen) atoms. The molecule has 0 bridgehead atoms. The Bertz CT molecular complexity index is 157. The highest BCUT2D eigenvalue weighted by Crippen LogP contribution is 2.22. The molecule has 0 atom stereocenters. The van der Waals surface area contributed by atoms with Gasteiger partial charge >= 0.3 is 0 Å². The molecule has 0 saturated heterocycles. The summed E-state index contributed by atoms with van der Waals surface area (Å²) in [5, 5.41) is 0. The highest BCUT2D eigenvalue weighted by molar-refractivity contribution is 8.03. The molecule has 0 aromatic rings. The van der Waals surface area contributed by atoms with Crippen LogP contribution in [0.4, 0.5) is 0 Å². The van der Waals surface area contributed by atoms with Crippen LogP contribution in [-0.2, 0) is 0 Å². The van der Waals surface area contributed by atoms with Crippen LogP contribution in [0.2, 0.25) is 0 Å². The van der Waals surface area contributed by atoms with Crippen molar-refractivity contribution in [2.45, 2.75) is 46.5 Å². The predicted molar refractivity (Wildman–Crippen MR) is 65.2 cm³/mol. The van der Waals surface area contributed by atoms with Gasteiger partial charge < -0.3 is 0 Å². The molecule has 0 fully saturated rings. The lowest BCUT2D eigenvalue weighted by Crippen LogP contribution is -1.82. The summed E-state index contributed by atoms with van der Waals surface area (Å²) < 4.78 is 0. The van der Waals surface area contributed by atoms with E-state index in [9.17, 15) is 0 Å². The van der Waals surface area contributed by atoms with Gasteiger partial charge in [-0.3, -0.25) is 0 Å². The fourth-order valence-corrected chi connectivity index (χ4v) is 2.13. The van der Waals surface area contributed by atoms with Crippen molar-refractivity contribution in [3.05, 3.63) is 23.1 Å². The van der Waals surface area contributed by atoms with Crippen LogP contribution in [0.25, 0.3) is 0 Å². The Kier molecular flexibility index (Phi) is 9.78. The van der Waals surface area contributed by atoms with Gasteiger partial charge in [0.15, 0.2) is 0 Å². The second-order valence-electron chi connectivity index (χ2n) is 2.79. The Morgan fingerprint density at radius 2 is 2.08 bits per heavy atom. The van der Waals surface area contributed by atoms with E-state index in [0.29, 0.717) is 0 Å². The number of hydrogen-bond acceptors (Lipinski definition) is 1. The van der Waals surface area contributed by atoms with E-state index in [0.717, 1.165) is 0 Å². The lowest BCUT2D eigenvalue weighted by molar-refractivity contribution is 0.897. The zero-order chi connectivity index (χ0) is 9.94. The highest BCUT2D eigenvalue weighted by atomic mass is 32.2. The first-order valence-corrected chi connectivity index (χ1v) is 6.41. The zero-order valence-corrected chi connectivity index (χ0v) is 9.99. The maximum atomic E-state index is 2.35. The van der Waals surface area contributed by atoms with Gasteiger partial charge in [0.1, 0.15) is 0 Å². The molecular weight excluding hydrogens is 176 g/mol. The zero-order valence-electron chi connectivity index (χ0n) is 9.18. The van der Waals surface area contributed by atoms with Crippen molar-refractivity contribution in [1.82, 2.24) is 0 Å². The van der Waals surface area contributed by atoms with Gasteiger partial charge in [-0.05, 0) is 25.0 Å². The molecule has 1 aliphatic carbocycles. The maximum Gasteiger partial charge on any atom is 0.00289 e. The predicted octanol–water partition coefficient (Wildman–Crippen LogP) is 4.78. The van der Waals surface area contributed by atoms with E-state index in [-0.39, 0.29) is 0 Å². The fraction of sp³-hybridized carbons (Fsp3) is 0.667. The summed E-state index contributed by atoms with van der Waals surface area (Å²) in [6.07, 6.45) is 12.0. The van der Waals surface area contributed by atoms with Gasteiger partial charge in [-0.2, -0.15) is 0 Å². The Morgan fingerprint density at radius 1 is 1.31 bits per heavy atom. The summed E-state index contributed by atoms with van der Waals surface area (Å²) in [6, 6.07) is 0. The quantitative estimate of drug-likeness (QED) is 0.586. The molecule has 0 unspecified atom stereocenters. The van der Waals surface area contributed by atoms with Crippen LogP contribution < -0.4 is 0 Å².